The third-order valence-corrected chi connectivity index (χ3v) is 7.01. The van der Waals surface area contributed by atoms with Crippen molar-refractivity contribution in [3.63, 3.8) is 0 Å². The van der Waals surface area contributed by atoms with E-state index in [1.807, 2.05) is 12.1 Å². The molecule has 28 heavy (non-hydrogen) atoms. The summed E-state index contributed by atoms with van der Waals surface area (Å²) in [5, 5.41) is 9.49. The molecule has 6 heteroatoms. The predicted octanol–water partition coefficient (Wildman–Crippen LogP) is 2.79. The maximum Gasteiger partial charge on any atom is 0.226 e. The number of H-pyrrole nitrogens is 1. The van der Waals surface area contributed by atoms with Crippen molar-refractivity contribution in [3.8, 4) is 5.75 Å². The minimum atomic E-state index is -0.244. The van der Waals surface area contributed by atoms with Crippen molar-refractivity contribution in [3.05, 3.63) is 47.5 Å². The number of carbonyl (C=O) groups is 1. The third kappa shape index (κ3) is 2.91. The highest BCUT2D eigenvalue weighted by Crippen LogP contribution is 2.44. The van der Waals surface area contributed by atoms with Crippen molar-refractivity contribution in [2.45, 2.75) is 50.6 Å². The summed E-state index contributed by atoms with van der Waals surface area (Å²) in [4.78, 5) is 25.9. The van der Waals surface area contributed by atoms with Gasteiger partial charge in [-0.25, -0.2) is 4.98 Å². The lowest BCUT2D eigenvalue weighted by molar-refractivity contribution is -0.149. The molecule has 2 aromatic rings. The van der Waals surface area contributed by atoms with Gasteiger partial charge in [0.15, 0.2) is 0 Å². The lowest BCUT2D eigenvalue weighted by Gasteiger charge is -2.52. The number of piperidine rings is 1. The number of nitrogens with one attached hydrogen (secondary N) is 1. The third-order valence-electron chi connectivity index (χ3n) is 7.01. The summed E-state index contributed by atoms with van der Waals surface area (Å²) in [5.74, 6) is 0.888. The van der Waals surface area contributed by atoms with Crippen molar-refractivity contribution in [2.24, 2.45) is 5.92 Å². The van der Waals surface area contributed by atoms with Gasteiger partial charge in [0, 0.05) is 44.2 Å². The number of fused-ring (bicyclic) bond motifs is 2. The first-order valence-corrected chi connectivity index (χ1v) is 10.5. The van der Waals surface area contributed by atoms with Gasteiger partial charge in [0.25, 0.3) is 0 Å². The Hall–Kier alpha value is -2.34. The average Bonchev–Trinajstić information content (AvgIpc) is 3.14. The summed E-state index contributed by atoms with van der Waals surface area (Å²) >= 11 is 0. The standard InChI is InChI=1S/C22H28N4O2/c27-18-6-4-16(5-7-18)14-25-12-9-22(10-13-25)20-19(23-15-24-20)8-11-26(22)21(28)17-2-1-3-17/h4-7,15,17,27H,1-3,8-14H2,(H,23,24). The van der Waals surface area contributed by atoms with Crippen molar-refractivity contribution in [2.75, 3.05) is 19.6 Å². The minimum absolute atomic E-state index is 0.229. The van der Waals surface area contributed by atoms with E-state index < -0.39 is 0 Å². The molecule has 5 rings (SSSR count). The second kappa shape index (κ2) is 6.92. The number of hydrogen-bond acceptors (Lipinski definition) is 4. The summed E-state index contributed by atoms with van der Waals surface area (Å²) in [5.41, 5.74) is 3.28. The number of aromatic amines is 1. The van der Waals surface area contributed by atoms with Gasteiger partial charge in [-0.1, -0.05) is 18.6 Å². The van der Waals surface area contributed by atoms with E-state index >= 15 is 0 Å². The van der Waals surface area contributed by atoms with Gasteiger partial charge >= 0.3 is 0 Å². The number of aromatic hydroxyl groups is 1. The molecule has 0 unspecified atom stereocenters. The SMILES string of the molecule is O=C(C1CCC1)N1CCc2[nH]cnc2C12CCN(Cc1ccc(O)cc1)CC2. The van der Waals surface area contributed by atoms with Crippen LogP contribution in [0.25, 0.3) is 0 Å². The zero-order chi connectivity index (χ0) is 19.1. The van der Waals surface area contributed by atoms with E-state index in [1.54, 1.807) is 18.5 Å². The molecular formula is C22H28N4O2. The molecule has 2 fully saturated rings. The van der Waals surface area contributed by atoms with Gasteiger partial charge < -0.3 is 15.0 Å². The Morgan fingerprint density at radius 1 is 1.18 bits per heavy atom. The van der Waals surface area contributed by atoms with E-state index in [0.29, 0.717) is 11.7 Å². The number of phenolic OH excluding ortho intramolecular Hbond substituents is 1. The molecule has 0 radical (unpaired) electrons. The molecule has 3 heterocycles. The summed E-state index contributed by atoms with van der Waals surface area (Å²) in [6, 6.07) is 7.46. The second-order valence-electron chi connectivity index (χ2n) is 8.57. The number of nitrogens with zero attached hydrogens (tertiary/aromatic N) is 3. The molecule has 1 aliphatic carbocycles. The molecule has 2 aliphatic heterocycles. The minimum Gasteiger partial charge on any atom is -0.508 e. The van der Waals surface area contributed by atoms with Crippen LogP contribution < -0.4 is 0 Å². The number of phenols is 1. The smallest absolute Gasteiger partial charge is 0.226 e. The fraction of sp³-hybridized carbons (Fsp3) is 0.545. The molecule has 1 saturated heterocycles. The van der Waals surface area contributed by atoms with E-state index in [-0.39, 0.29) is 11.5 Å². The largest absolute Gasteiger partial charge is 0.508 e. The Morgan fingerprint density at radius 3 is 2.61 bits per heavy atom. The molecule has 148 valence electrons. The fourth-order valence-corrected chi connectivity index (χ4v) is 5.12. The fourth-order valence-electron chi connectivity index (χ4n) is 5.12. The summed E-state index contributed by atoms with van der Waals surface area (Å²) in [6.07, 6.45) is 7.82. The number of rotatable bonds is 3. The molecule has 0 atom stereocenters. The molecule has 2 N–H and O–H groups in total. The quantitative estimate of drug-likeness (QED) is 0.859. The lowest BCUT2D eigenvalue weighted by atomic mass is 9.76. The molecule has 1 aromatic carbocycles. The molecule has 3 aliphatic rings. The Morgan fingerprint density at radius 2 is 1.93 bits per heavy atom. The maximum atomic E-state index is 13.2. The summed E-state index contributed by atoms with van der Waals surface area (Å²) in [6.45, 7) is 3.58. The number of aromatic nitrogens is 2. The first-order chi connectivity index (χ1) is 13.7. The van der Waals surface area contributed by atoms with Gasteiger partial charge in [0.05, 0.1) is 17.6 Å². The molecule has 1 spiro atoms. The molecule has 1 saturated carbocycles. The van der Waals surface area contributed by atoms with E-state index in [0.717, 1.165) is 64.0 Å². The number of likely N-dealkylation sites (tertiary alicyclic amines) is 1. The maximum absolute atomic E-state index is 13.2. The van der Waals surface area contributed by atoms with Crippen LogP contribution in [0.2, 0.25) is 0 Å². The average molecular weight is 380 g/mol. The van der Waals surface area contributed by atoms with Gasteiger partial charge in [-0.2, -0.15) is 0 Å². The monoisotopic (exact) mass is 380 g/mol. The molecule has 0 bridgehead atoms. The highest BCUT2D eigenvalue weighted by Gasteiger charge is 2.50. The van der Waals surface area contributed by atoms with Crippen LogP contribution in [0.15, 0.2) is 30.6 Å². The predicted molar refractivity (Wildman–Crippen MR) is 106 cm³/mol. The number of amides is 1. The van der Waals surface area contributed by atoms with Gasteiger partial charge in [-0.15, -0.1) is 0 Å². The number of hydrogen-bond donors (Lipinski definition) is 2. The molecule has 6 nitrogen and oxygen atoms in total. The first kappa shape index (κ1) is 17.7. The Bertz CT molecular complexity index is 848. The summed E-state index contributed by atoms with van der Waals surface area (Å²) in [7, 11) is 0. The molecule has 1 aromatic heterocycles. The first-order valence-electron chi connectivity index (χ1n) is 10.5. The summed E-state index contributed by atoms with van der Waals surface area (Å²) < 4.78 is 0. The molecule has 1 amide bonds. The van der Waals surface area contributed by atoms with Crippen molar-refractivity contribution < 1.29 is 9.90 Å². The van der Waals surface area contributed by atoms with Crippen LogP contribution in [0.3, 0.4) is 0 Å². The molecular weight excluding hydrogens is 352 g/mol. The zero-order valence-corrected chi connectivity index (χ0v) is 16.2. The van der Waals surface area contributed by atoms with Crippen LogP contribution in [0.1, 0.15) is 49.1 Å². The van der Waals surface area contributed by atoms with E-state index in [1.165, 1.54) is 17.7 Å². The lowest BCUT2D eigenvalue weighted by Crippen LogP contribution is -2.59. The van der Waals surface area contributed by atoms with E-state index in [9.17, 15) is 9.90 Å². The van der Waals surface area contributed by atoms with Gasteiger partial charge in [0.2, 0.25) is 5.91 Å². The topological polar surface area (TPSA) is 72.5 Å². The van der Waals surface area contributed by atoms with Crippen LogP contribution in [-0.4, -0.2) is 50.4 Å². The number of imidazole rings is 1. The Labute approximate surface area is 165 Å². The van der Waals surface area contributed by atoms with Crippen molar-refractivity contribution in [1.29, 1.82) is 0 Å². The van der Waals surface area contributed by atoms with Gasteiger partial charge in [-0.05, 0) is 43.4 Å². The zero-order valence-electron chi connectivity index (χ0n) is 16.2. The van der Waals surface area contributed by atoms with Crippen molar-refractivity contribution in [1.82, 2.24) is 19.8 Å². The van der Waals surface area contributed by atoms with Crippen LogP contribution in [0.4, 0.5) is 0 Å². The van der Waals surface area contributed by atoms with Crippen LogP contribution in [-0.2, 0) is 23.3 Å². The highest BCUT2D eigenvalue weighted by atomic mass is 16.3. The van der Waals surface area contributed by atoms with Crippen LogP contribution in [0.5, 0.6) is 5.75 Å². The van der Waals surface area contributed by atoms with Crippen LogP contribution in [0, 0.1) is 5.92 Å². The van der Waals surface area contributed by atoms with E-state index in [4.69, 9.17) is 4.98 Å². The van der Waals surface area contributed by atoms with Crippen molar-refractivity contribution >= 4 is 5.91 Å². The number of benzene rings is 1. The van der Waals surface area contributed by atoms with E-state index in [2.05, 4.69) is 14.8 Å². The Kier molecular flexibility index (Phi) is 4.38. The van der Waals surface area contributed by atoms with Gasteiger partial charge in [0.1, 0.15) is 5.75 Å². The van der Waals surface area contributed by atoms with Gasteiger partial charge in [-0.3, -0.25) is 9.69 Å². The second-order valence-corrected chi connectivity index (χ2v) is 8.57. The number of carbonyl (C=O) groups excluding carboxylic acids is 1. The highest BCUT2D eigenvalue weighted by molar-refractivity contribution is 5.81. The van der Waals surface area contributed by atoms with Crippen LogP contribution >= 0.6 is 0 Å². The normalized spacial score (nSPS) is 22.1. The Balaban J connectivity index is 1.36.